The first-order valence-electron chi connectivity index (χ1n) is 6.97. The van der Waals surface area contributed by atoms with Crippen LogP contribution in [0, 0.1) is 5.92 Å². The van der Waals surface area contributed by atoms with Crippen molar-refractivity contribution < 1.29 is 20.4 Å². The Hall–Kier alpha value is -2.36. The Bertz CT molecular complexity index is 622. The second-order valence-corrected chi connectivity index (χ2v) is 5.49. The zero-order chi connectivity index (χ0) is 15.4. The minimum atomic E-state index is -0.106. The molecule has 2 rings (SSSR count). The Morgan fingerprint density at radius 3 is 1.86 bits per heavy atom. The molecule has 0 amide bonds. The standard InChI is InChI=1S/C17H20O4/c1-11(8-13-5-7-15(19)17(21)10-13)2-3-12-4-6-14(18)16(20)9-12/h4-7,9-11,18-21H,2-3,8H2,1H3/t11-/m0/s1. The molecule has 0 radical (unpaired) electrons. The van der Waals surface area contributed by atoms with E-state index in [1.165, 1.54) is 12.1 Å². The van der Waals surface area contributed by atoms with Crippen LogP contribution in [0.2, 0.25) is 0 Å². The molecular formula is C17H20O4. The largest absolute Gasteiger partial charge is 0.504 e. The van der Waals surface area contributed by atoms with Crippen LogP contribution in [0.4, 0.5) is 0 Å². The summed E-state index contributed by atoms with van der Waals surface area (Å²) < 4.78 is 0. The Morgan fingerprint density at radius 1 is 0.762 bits per heavy atom. The lowest BCUT2D eigenvalue weighted by molar-refractivity contribution is 0.402. The van der Waals surface area contributed by atoms with E-state index in [0.29, 0.717) is 5.92 Å². The van der Waals surface area contributed by atoms with Crippen LogP contribution >= 0.6 is 0 Å². The van der Waals surface area contributed by atoms with E-state index in [2.05, 4.69) is 6.92 Å². The van der Waals surface area contributed by atoms with Crippen LogP contribution in [0.25, 0.3) is 0 Å². The summed E-state index contributed by atoms with van der Waals surface area (Å²) in [6, 6.07) is 9.75. The number of phenols is 4. The molecule has 1 atom stereocenters. The van der Waals surface area contributed by atoms with Gasteiger partial charge in [0.05, 0.1) is 0 Å². The molecule has 0 aliphatic rings. The molecule has 0 unspecified atom stereocenters. The second-order valence-electron chi connectivity index (χ2n) is 5.49. The Kier molecular flexibility index (Phi) is 4.58. The van der Waals surface area contributed by atoms with E-state index in [-0.39, 0.29) is 23.0 Å². The molecule has 4 nitrogen and oxygen atoms in total. The SMILES string of the molecule is C[C@@H](CCc1ccc(O)c(O)c1)Cc1ccc(O)c(O)c1. The summed E-state index contributed by atoms with van der Waals surface area (Å²) in [6.07, 6.45) is 2.53. The molecule has 0 aliphatic carbocycles. The molecule has 0 bridgehead atoms. The van der Waals surface area contributed by atoms with Gasteiger partial charge in [-0.15, -0.1) is 0 Å². The van der Waals surface area contributed by atoms with Gasteiger partial charge in [-0.05, 0) is 60.6 Å². The maximum absolute atomic E-state index is 9.48. The molecule has 4 heteroatoms. The highest BCUT2D eigenvalue weighted by Gasteiger charge is 2.08. The maximum atomic E-state index is 9.48. The van der Waals surface area contributed by atoms with Gasteiger partial charge in [-0.25, -0.2) is 0 Å². The summed E-state index contributed by atoms with van der Waals surface area (Å²) in [5.41, 5.74) is 1.96. The first-order chi connectivity index (χ1) is 9.95. The summed E-state index contributed by atoms with van der Waals surface area (Å²) in [4.78, 5) is 0. The number of rotatable bonds is 5. The smallest absolute Gasteiger partial charge is 0.157 e. The molecule has 4 N–H and O–H groups in total. The number of hydrogen-bond donors (Lipinski definition) is 4. The fraction of sp³-hybridized carbons (Fsp3) is 0.294. The number of benzene rings is 2. The molecule has 2 aromatic carbocycles. The third kappa shape index (κ3) is 4.05. The van der Waals surface area contributed by atoms with Crippen LogP contribution < -0.4 is 0 Å². The molecule has 0 aromatic heterocycles. The number of phenolic OH excluding ortho intramolecular Hbond substituents is 4. The molecule has 0 aliphatic heterocycles. The predicted octanol–water partition coefficient (Wildman–Crippen LogP) is 3.32. The van der Waals surface area contributed by atoms with Gasteiger partial charge in [0, 0.05) is 0 Å². The third-order valence-electron chi connectivity index (χ3n) is 3.59. The quantitative estimate of drug-likeness (QED) is 0.636. The summed E-state index contributed by atoms with van der Waals surface area (Å²) in [7, 11) is 0. The Labute approximate surface area is 123 Å². The van der Waals surface area contributed by atoms with E-state index in [1.807, 2.05) is 0 Å². The van der Waals surface area contributed by atoms with Crippen molar-refractivity contribution in [1.29, 1.82) is 0 Å². The number of hydrogen-bond acceptors (Lipinski definition) is 4. The van der Waals surface area contributed by atoms with Crippen molar-refractivity contribution in [1.82, 2.24) is 0 Å². The van der Waals surface area contributed by atoms with Gasteiger partial charge in [0.2, 0.25) is 0 Å². The first-order valence-corrected chi connectivity index (χ1v) is 6.97. The highest BCUT2D eigenvalue weighted by Crippen LogP contribution is 2.28. The van der Waals surface area contributed by atoms with Gasteiger partial charge < -0.3 is 20.4 Å². The van der Waals surface area contributed by atoms with Crippen molar-refractivity contribution in [3.05, 3.63) is 47.5 Å². The van der Waals surface area contributed by atoms with Gasteiger partial charge in [0.1, 0.15) is 0 Å². The average Bonchev–Trinajstić information content (AvgIpc) is 2.44. The molecule has 0 fully saturated rings. The van der Waals surface area contributed by atoms with Crippen LogP contribution in [-0.4, -0.2) is 20.4 Å². The molecule has 2 aromatic rings. The minimum Gasteiger partial charge on any atom is -0.504 e. The summed E-state index contributed by atoms with van der Waals surface area (Å²) in [5.74, 6) is -0.00556. The van der Waals surface area contributed by atoms with Gasteiger partial charge in [-0.1, -0.05) is 19.1 Å². The molecule has 0 saturated heterocycles. The van der Waals surface area contributed by atoms with Gasteiger partial charge in [0.15, 0.2) is 23.0 Å². The highest BCUT2D eigenvalue weighted by atomic mass is 16.3. The summed E-state index contributed by atoms with van der Waals surface area (Å²) in [6.45, 7) is 2.12. The number of aromatic hydroxyl groups is 4. The van der Waals surface area contributed by atoms with Crippen LogP contribution in [0.1, 0.15) is 24.5 Å². The Morgan fingerprint density at radius 2 is 1.29 bits per heavy atom. The monoisotopic (exact) mass is 288 g/mol. The van der Waals surface area contributed by atoms with Crippen LogP contribution in [-0.2, 0) is 12.8 Å². The topological polar surface area (TPSA) is 80.9 Å². The molecule has 0 heterocycles. The van der Waals surface area contributed by atoms with E-state index in [4.69, 9.17) is 0 Å². The van der Waals surface area contributed by atoms with Gasteiger partial charge >= 0.3 is 0 Å². The van der Waals surface area contributed by atoms with Crippen molar-refractivity contribution >= 4 is 0 Å². The lowest BCUT2D eigenvalue weighted by Gasteiger charge is -2.12. The minimum absolute atomic E-state index is 0.0939. The zero-order valence-corrected chi connectivity index (χ0v) is 12.0. The summed E-state index contributed by atoms with van der Waals surface area (Å²) in [5, 5.41) is 37.5. The summed E-state index contributed by atoms with van der Waals surface area (Å²) >= 11 is 0. The van der Waals surface area contributed by atoms with Crippen molar-refractivity contribution in [2.45, 2.75) is 26.2 Å². The van der Waals surface area contributed by atoms with Gasteiger partial charge in [-0.3, -0.25) is 0 Å². The van der Waals surface area contributed by atoms with Gasteiger partial charge in [-0.2, -0.15) is 0 Å². The zero-order valence-electron chi connectivity index (χ0n) is 12.0. The van der Waals surface area contributed by atoms with E-state index in [1.54, 1.807) is 24.3 Å². The van der Waals surface area contributed by atoms with Crippen molar-refractivity contribution in [3.8, 4) is 23.0 Å². The van der Waals surface area contributed by atoms with Crippen LogP contribution in [0.15, 0.2) is 36.4 Å². The highest BCUT2D eigenvalue weighted by molar-refractivity contribution is 5.41. The molecular weight excluding hydrogens is 268 g/mol. The molecule has 112 valence electrons. The van der Waals surface area contributed by atoms with Crippen LogP contribution in [0.5, 0.6) is 23.0 Å². The van der Waals surface area contributed by atoms with E-state index >= 15 is 0 Å². The van der Waals surface area contributed by atoms with E-state index in [9.17, 15) is 20.4 Å². The lowest BCUT2D eigenvalue weighted by Crippen LogP contribution is -2.01. The van der Waals surface area contributed by atoms with Crippen molar-refractivity contribution in [3.63, 3.8) is 0 Å². The van der Waals surface area contributed by atoms with Gasteiger partial charge in [0.25, 0.3) is 0 Å². The molecule has 21 heavy (non-hydrogen) atoms. The van der Waals surface area contributed by atoms with Crippen LogP contribution in [0.3, 0.4) is 0 Å². The Balaban J connectivity index is 1.90. The van der Waals surface area contributed by atoms with E-state index in [0.717, 1.165) is 30.4 Å². The fourth-order valence-electron chi connectivity index (χ4n) is 2.34. The number of aryl methyl sites for hydroxylation is 1. The average molecular weight is 288 g/mol. The predicted molar refractivity (Wildman–Crippen MR) is 80.7 cm³/mol. The first kappa shape index (κ1) is 15.0. The lowest BCUT2D eigenvalue weighted by atomic mass is 9.94. The second kappa shape index (κ2) is 6.39. The maximum Gasteiger partial charge on any atom is 0.157 e. The molecule has 0 spiro atoms. The van der Waals surface area contributed by atoms with Crippen molar-refractivity contribution in [2.75, 3.05) is 0 Å². The fourth-order valence-corrected chi connectivity index (χ4v) is 2.34. The normalized spacial score (nSPS) is 12.2. The molecule has 0 saturated carbocycles. The van der Waals surface area contributed by atoms with E-state index < -0.39 is 0 Å². The van der Waals surface area contributed by atoms with Crippen molar-refractivity contribution in [2.24, 2.45) is 5.92 Å². The third-order valence-corrected chi connectivity index (χ3v) is 3.59.